The lowest BCUT2D eigenvalue weighted by Gasteiger charge is -2.08. The van der Waals surface area contributed by atoms with Gasteiger partial charge in [0.25, 0.3) is 5.91 Å². The van der Waals surface area contributed by atoms with Crippen LogP contribution in [0.15, 0.2) is 18.2 Å². The number of ether oxygens (including phenoxy) is 1. The van der Waals surface area contributed by atoms with Crippen molar-refractivity contribution in [1.29, 1.82) is 0 Å². The topological polar surface area (TPSA) is 54.1 Å². The largest absolute Gasteiger partial charge is 0.381 e. The number of fused-ring (bicyclic) bond motifs is 1. The molecule has 1 aliphatic heterocycles. The Morgan fingerprint density at radius 2 is 2.38 bits per heavy atom. The van der Waals surface area contributed by atoms with Crippen LogP contribution in [0.3, 0.4) is 0 Å². The van der Waals surface area contributed by atoms with E-state index in [9.17, 15) is 9.18 Å². The van der Waals surface area contributed by atoms with Gasteiger partial charge in [-0.3, -0.25) is 4.79 Å². The molecule has 1 atom stereocenters. The molecule has 4 nitrogen and oxygen atoms in total. The fourth-order valence-corrected chi connectivity index (χ4v) is 2.82. The third-order valence-electron chi connectivity index (χ3n) is 4.11. The Morgan fingerprint density at radius 3 is 3.14 bits per heavy atom. The van der Waals surface area contributed by atoms with Crippen LogP contribution in [-0.2, 0) is 4.74 Å². The van der Waals surface area contributed by atoms with Gasteiger partial charge in [-0.05, 0) is 49.4 Å². The van der Waals surface area contributed by atoms with Crippen molar-refractivity contribution >= 4 is 16.8 Å². The number of hydrogen-bond donors (Lipinski definition) is 2. The molecule has 3 rings (SSSR count). The van der Waals surface area contributed by atoms with Gasteiger partial charge in [0.15, 0.2) is 0 Å². The molecule has 1 aromatic heterocycles. The molecule has 5 heteroatoms. The van der Waals surface area contributed by atoms with Crippen LogP contribution >= 0.6 is 0 Å². The molecule has 0 spiro atoms. The maximum atomic E-state index is 13.3. The second-order valence-electron chi connectivity index (χ2n) is 5.59. The lowest BCUT2D eigenvalue weighted by atomic mass is 10.1. The van der Waals surface area contributed by atoms with Crippen molar-refractivity contribution in [3.8, 4) is 0 Å². The predicted octanol–water partition coefficient (Wildman–Crippen LogP) is 2.77. The Hall–Kier alpha value is -1.88. The molecular weight excluding hydrogens is 271 g/mol. The highest BCUT2D eigenvalue weighted by molar-refractivity contribution is 6.00. The molecular formula is C16H19FN2O2. The van der Waals surface area contributed by atoms with Gasteiger partial charge in [0.1, 0.15) is 11.5 Å². The average molecular weight is 290 g/mol. The molecule has 0 bridgehead atoms. The maximum Gasteiger partial charge on any atom is 0.268 e. The van der Waals surface area contributed by atoms with Gasteiger partial charge in [0.2, 0.25) is 0 Å². The molecule has 2 N–H and O–H groups in total. The number of H-pyrrole nitrogens is 1. The van der Waals surface area contributed by atoms with Crippen molar-refractivity contribution in [2.45, 2.75) is 19.8 Å². The van der Waals surface area contributed by atoms with Gasteiger partial charge in [0.05, 0.1) is 0 Å². The molecule has 1 saturated heterocycles. The quantitative estimate of drug-likeness (QED) is 0.909. The summed E-state index contributed by atoms with van der Waals surface area (Å²) in [5, 5.41) is 3.68. The molecule has 0 aliphatic carbocycles. The summed E-state index contributed by atoms with van der Waals surface area (Å²) in [6, 6.07) is 4.50. The van der Waals surface area contributed by atoms with E-state index in [0.717, 1.165) is 42.5 Å². The van der Waals surface area contributed by atoms with Crippen LogP contribution in [0.25, 0.3) is 10.9 Å². The van der Waals surface area contributed by atoms with Crippen molar-refractivity contribution in [2.24, 2.45) is 5.92 Å². The normalized spacial score (nSPS) is 18.3. The van der Waals surface area contributed by atoms with Gasteiger partial charge in [-0.15, -0.1) is 0 Å². The van der Waals surface area contributed by atoms with E-state index >= 15 is 0 Å². The summed E-state index contributed by atoms with van der Waals surface area (Å²) in [6.07, 6.45) is 2.00. The number of nitrogens with one attached hydrogen (secondary N) is 2. The SMILES string of the molecule is Cc1c(C(=O)NCC[C@H]2CCOC2)[nH]c2ccc(F)cc12. The van der Waals surface area contributed by atoms with Crippen LogP contribution in [0.5, 0.6) is 0 Å². The summed E-state index contributed by atoms with van der Waals surface area (Å²) < 4.78 is 18.6. The van der Waals surface area contributed by atoms with Crippen LogP contribution in [0.2, 0.25) is 0 Å². The highest BCUT2D eigenvalue weighted by Crippen LogP contribution is 2.22. The first-order chi connectivity index (χ1) is 10.1. The van der Waals surface area contributed by atoms with Crippen molar-refractivity contribution in [1.82, 2.24) is 10.3 Å². The second-order valence-corrected chi connectivity index (χ2v) is 5.59. The van der Waals surface area contributed by atoms with E-state index in [-0.39, 0.29) is 11.7 Å². The monoisotopic (exact) mass is 290 g/mol. The van der Waals surface area contributed by atoms with Crippen LogP contribution < -0.4 is 5.32 Å². The number of rotatable bonds is 4. The fraction of sp³-hybridized carbons (Fsp3) is 0.438. The zero-order valence-corrected chi connectivity index (χ0v) is 12.0. The number of aryl methyl sites for hydroxylation is 1. The molecule has 21 heavy (non-hydrogen) atoms. The van der Waals surface area contributed by atoms with E-state index in [1.54, 1.807) is 6.07 Å². The highest BCUT2D eigenvalue weighted by atomic mass is 19.1. The van der Waals surface area contributed by atoms with Crippen LogP contribution in [-0.4, -0.2) is 30.6 Å². The summed E-state index contributed by atoms with van der Waals surface area (Å²) in [5.74, 6) is 0.115. The lowest BCUT2D eigenvalue weighted by Crippen LogP contribution is -2.26. The van der Waals surface area contributed by atoms with E-state index in [1.807, 2.05) is 6.92 Å². The van der Waals surface area contributed by atoms with Crippen LogP contribution in [0.4, 0.5) is 4.39 Å². The molecule has 2 heterocycles. The Bertz CT molecular complexity index is 660. The number of carbonyl (C=O) groups is 1. The summed E-state index contributed by atoms with van der Waals surface area (Å²) >= 11 is 0. The van der Waals surface area contributed by atoms with E-state index < -0.39 is 0 Å². The second kappa shape index (κ2) is 5.85. The third-order valence-corrected chi connectivity index (χ3v) is 4.11. The van der Waals surface area contributed by atoms with Gasteiger partial charge in [-0.2, -0.15) is 0 Å². The van der Waals surface area contributed by atoms with E-state index in [2.05, 4.69) is 10.3 Å². The predicted molar refractivity (Wildman–Crippen MR) is 78.9 cm³/mol. The van der Waals surface area contributed by atoms with Gasteiger partial charge in [-0.1, -0.05) is 0 Å². The molecule has 0 unspecified atom stereocenters. The minimum absolute atomic E-state index is 0.136. The molecule has 2 aromatic rings. The maximum absolute atomic E-state index is 13.3. The van der Waals surface area contributed by atoms with Crippen molar-refractivity contribution in [2.75, 3.05) is 19.8 Å². The minimum atomic E-state index is -0.294. The zero-order chi connectivity index (χ0) is 14.8. The van der Waals surface area contributed by atoms with E-state index in [1.165, 1.54) is 12.1 Å². The molecule has 1 amide bonds. The Balaban J connectivity index is 1.67. The number of benzene rings is 1. The van der Waals surface area contributed by atoms with Crippen molar-refractivity contribution < 1.29 is 13.9 Å². The van der Waals surface area contributed by atoms with E-state index in [4.69, 9.17) is 4.74 Å². The number of hydrogen-bond acceptors (Lipinski definition) is 2. The van der Waals surface area contributed by atoms with Gasteiger partial charge >= 0.3 is 0 Å². The molecule has 0 radical (unpaired) electrons. The smallest absolute Gasteiger partial charge is 0.268 e. The Morgan fingerprint density at radius 1 is 1.52 bits per heavy atom. The van der Waals surface area contributed by atoms with Gasteiger partial charge in [0, 0.05) is 30.7 Å². The van der Waals surface area contributed by atoms with E-state index in [0.29, 0.717) is 18.2 Å². The van der Waals surface area contributed by atoms with Gasteiger partial charge in [-0.25, -0.2) is 4.39 Å². The van der Waals surface area contributed by atoms with Crippen molar-refractivity contribution in [3.05, 3.63) is 35.3 Å². The minimum Gasteiger partial charge on any atom is -0.381 e. The van der Waals surface area contributed by atoms with Crippen LogP contribution in [0.1, 0.15) is 28.9 Å². The number of amides is 1. The van der Waals surface area contributed by atoms with Crippen LogP contribution in [0, 0.1) is 18.7 Å². The summed E-state index contributed by atoms with van der Waals surface area (Å²) in [6.45, 7) is 4.08. The number of aromatic nitrogens is 1. The molecule has 0 saturated carbocycles. The standard InChI is InChI=1S/C16H19FN2O2/c1-10-13-8-12(17)2-3-14(13)19-15(10)16(20)18-6-4-11-5-7-21-9-11/h2-3,8,11,19H,4-7,9H2,1H3,(H,18,20)/t11-/m0/s1. The first-order valence-electron chi connectivity index (χ1n) is 7.29. The summed E-state index contributed by atoms with van der Waals surface area (Å²) in [7, 11) is 0. The lowest BCUT2D eigenvalue weighted by molar-refractivity contribution is 0.0945. The number of halogens is 1. The van der Waals surface area contributed by atoms with Crippen molar-refractivity contribution in [3.63, 3.8) is 0 Å². The molecule has 1 fully saturated rings. The Kier molecular flexibility index (Phi) is 3.92. The first-order valence-corrected chi connectivity index (χ1v) is 7.29. The molecule has 1 aliphatic rings. The van der Waals surface area contributed by atoms with Gasteiger partial charge < -0.3 is 15.0 Å². The molecule has 1 aromatic carbocycles. The number of carbonyl (C=O) groups excluding carboxylic acids is 1. The summed E-state index contributed by atoms with van der Waals surface area (Å²) in [4.78, 5) is 15.3. The first kappa shape index (κ1) is 14.1. The zero-order valence-electron chi connectivity index (χ0n) is 12.0. The summed E-state index contributed by atoms with van der Waals surface area (Å²) in [5.41, 5.74) is 2.08. The molecule has 112 valence electrons. The number of aromatic amines is 1. The average Bonchev–Trinajstić information content (AvgIpc) is 3.08. The Labute approximate surface area is 122 Å². The highest BCUT2D eigenvalue weighted by Gasteiger charge is 2.17. The third kappa shape index (κ3) is 2.93. The fourth-order valence-electron chi connectivity index (χ4n) is 2.82.